The van der Waals surface area contributed by atoms with Crippen LogP contribution in [0.2, 0.25) is 0 Å². The monoisotopic (exact) mass is 526 g/mol. The largest absolute Gasteiger partial charge is 0.419 e. The first kappa shape index (κ1) is 27.9. The average Bonchev–Trinajstić information content (AvgIpc) is 3.22. The molecule has 0 aromatic carbocycles. The smallest absolute Gasteiger partial charge is 0.337 e. The van der Waals surface area contributed by atoms with Gasteiger partial charge in [0, 0.05) is 50.4 Å². The molecule has 2 aliphatic rings. The summed E-state index contributed by atoms with van der Waals surface area (Å²) in [6.45, 7) is 4.31. The third kappa shape index (κ3) is 6.34. The third-order valence-corrected chi connectivity index (χ3v) is 6.49. The van der Waals surface area contributed by atoms with Gasteiger partial charge in [-0.2, -0.15) is 31.4 Å². The number of allylic oxidation sites excluding steroid dienone is 5. The number of carbonyl (C=O) groups excluding carboxylic acids is 1. The lowest BCUT2D eigenvalue weighted by atomic mass is 9.83. The maximum Gasteiger partial charge on any atom is 0.419 e. The molecule has 0 atom stereocenters. The number of hydrogen-bond acceptors (Lipinski definition) is 3. The van der Waals surface area contributed by atoms with Crippen molar-refractivity contribution in [2.24, 2.45) is 5.92 Å². The molecule has 0 aliphatic carbocycles. The molecular weight excluding hydrogens is 500 g/mol. The maximum absolute atomic E-state index is 14.1. The Hall–Kier alpha value is -2.70. The van der Waals surface area contributed by atoms with Gasteiger partial charge < -0.3 is 4.90 Å². The zero-order valence-corrected chi connectivity index (χ0v) is 19.5. The number of aromatic nitrogens is 2. The third-order valence-electron chi connectivity index (χ3n) is 6.49. The molecule has 1 fully saturated rings. The van der Waals surface area contributed by atoms with E-state index in [0.717, 1.165) is 6.08 Å². The molecule has 0 radical (unpaired) electrons. The number of piperidine rings is 1. The van der Waals surface area contributed by atoms with E-state index in [2.05, 4.69) is 16.8 Å². The fourth-order valence-electron chi connectivity index (χ4n) is 4.68. The van der Waals surface area contributed by atoms with Crippen molar-refractivity contribution in [1.82, 2.24) is 20.0 Å². The topological polar surface area (TPSA) is 52.2 Å². The molecule has 0 spiro atoms. The zero-order valence-electron chi connectivity index (χ0n) is 19.5. The van der Waals surface area contributed by atoms with Crippen LogP contribution in [0.1, 0.15) is 47.9 Å². The Kier molecular flexibility index (Phi) is 8.31. The molecule has 0 saturated carbocycles. The van der Waals surface area contributed by atoms with Crippen LogP contribution in [-0.4, -0.2) is 64.4 Å². The van der Waals surface area contributed by atoms with Crippen molar-refractivity contribution in [3.05, 3.63) is 52.4 Å². The van der Waals surface area contributed by atoms with Crippen molar-refractivity contribution < 1.29 is 39.9 Å². The predicted molar refractivity (Wildman–Crippen MR) is 115 cm³/mol. The summed E-state index contributed by atoms with van der Waals surface area (Å²) in [6, 6.07) is 0. The summed E-state index contributed by atoms with van der Waals surface area (Å²) >= 11 is 0. The number of carbonyl (C=O) groups is 1. The number of halogens is 8. The van der Waals surface area contributed by atoms with Crippen molar-refractivity contribution in [1.29, 1.82) is 0 Å². The highest BCUT2D eigenvalue weighted by molar-refractivity contribution is 5.94. The molecule has 1 N–H and O–H groups in total. The number of aromatic amines is 1. The molecule has 2 aliphatic heterocycles. The second-order valence-electron chi connectivity index (χ2n) is 8.82. The second-order valence-corrected chi connectivity index (χ2v) is 8.82. The van der Waals surface area contributed by atoms with Crippen LogP contribution in [0.15, 0.2) is 35.5 Å². The van der Waals surface area contributed by atoms with Gasteiger partial charge >= 0.3 is 12.4 Å². The highest BCUT2D eigenvalue weighted by Gasteiger charge is 2.43. The fraction of sp³-hybridized carbons (Fsp3) is 0.565. The summed E-state index contributed by atoms with van der Waals surface area (Å²) < 4.78 is 106. The van der Waals surface area contributed by atoms with Gasteiger partial charge in [-0.15, -0.1) is 0 Å². The van der Waals surface area contributed by atoms with Gasteiger partial charge in [-0.05, 0) is 31.3 Å². The van der Waals surface area contributed by atoms with E-state index in [1.165, 1.54) is 11.8 Å². The van der Waals surface area contributed by atoms with Crippen molar-refractivity contribution >= 4 is 5.91 Å². The number of nitrogens with one attached hydrogen (secondary N) is 1. The van der Waals surface area contributed by atoms with Gasteiger partial charge in [-0.1, -0.05) is 12.7 Å². The SMILES string of the molecule is C=C(F)/C(F)=C(\C(=C/C)C1CCN(C(=O)c2n[nH]c3c2CN(CCC(F)(F)F)CC3)CC1)C(F)(F)F. The van der Waals surface area contributed by atoms with Crippen LogP contribution in [0.25, 0.3) is 0 Å². The normalized spacial score (nSPS) is 19.2. The molecule has 1 amide bonds. The van der Waals surface area contributed by atoms with Gasteiger partial charge in [0.15, 0.2) is 17.3 Å². The van der Waals surface area contributed by atoms with Gasteiger partial charge in [0.25, 0.3) is 5.91 Å². The Bertz CT molecular complexity index is 1050. The molecule has 5 nitrogen and oxygen atoms in total. The molecule has 0 bridgehead atoms. The number of fused-ring (bicyclic) bond motifs is 1. The lowest BCUT2D eigenvalue weighted by Crippen LogP contribution is -2.40. The van der Waals surface area contributed by atoms with Crippen molar-refractivity contribution in [2.75, 3.05) is 26.2 Å². The van der Waals surface area contributed by atoms with Gasteiger partial charge in [-0.25, -0.2) is 8.78 Å². The van der Waals surface area contributed by atoms with Gasteiger partial charge in [0.05, 0.1) is 12.0 Å². The Morgan fingerprint density at radius 1 is 1.14 bits per heavy atom. The molecule has 3 heterocycles. The predicted octanol–water partition coefficient (Wildman–Crippen LogP) is 5.79. The van der Waals surface area contributed by atoms with Crippen LogP contribution < -0.4 is 0 Å². The quantitative estimate of drug-likeness (QED) is 0.377. The van der Waals surface area contributed by atoms with E-state index in [9.17, 15) is 39.9 Å². The zero-order chi connectivity index (χ0) is 26.8. The molecule has 1 aromatic rings. The van der Waals surface area contributed by atoms with Crippen LogP contribution >= 0.6 is 0 Å². The minimum absolute atomic E-state index is 0.0452. The lowest BCUT2D eigenvalue weighted by Gasteiger charge is -2.34. The molecular formula is C23H26F8N4O. The molecule has 36 heavy (non-hydrogen) atoms. The average molecular weight is 526 g/mol. The first-order valence-corrected chi connectivity index (χ1v) is 11.4. The Morgan fingerprint density at radius 2 is 1.78 bits per heavy atom. The van der Waals surface area contributed by atoms with Gasteiger partial charge in [0.1, 0.15) is 0 Å². The van der Waals surface area contributed by atoms with Crippen LogP contribution in [0, 0.1) is 5.92 Å². The van der Waals surface area contributed by atoms with Crippen molar-refractivity contribution in [3.63, 3.8) is 0 Å². The second kappa shape index (κ2) is 10.7. The molecule has 0 unspecified atom stereocenters. The molecule has 1 aromatic heterocycles. The minimum atomic E-state index is -5.14. The standard InChI is InChI=1S/C23H26F8N4O/c1-3-15(18(23(29,30)31)19(25)13(2)24)14-4-9-35(10-5-14)21(36)20-16-12-34(11-7-22(26,27)28)8-6-17(16)32-33-20/h3,14H,2,4-12H2,1H3,(H,32,33)/b15-3-,19-18-. The first-order chi connectivity index (χ1) is 16.7. The van der Waals surface area contributed by atoms with Gasteiger partial charge in [0.2, 0.25) is 0 Å². The number of H-pyrrole nitrogens is 1. The van der Waals surface area contributed by atoms with Crippen molar-refractivity contribution in [2.45, 2.75) is 51.5 Å². The van der Waals surface area contributed by atoms with Gasteiger partial charge in [-0.3, -0.25) is 14.8 Å². The number of rotatable bonds is 6. The van der Waals surface area contributed by atoms with Crippen LogP contribution in [0.3, 0.4) is 0 Å². The van der Waals surface area contributed by atoms with E-state index < -0.39 is 53.4 Å². The fourth-order valence-corrected chi connectivity index (χ4v) is 4.68. The Labute approximate surface area is 202 Å². The van der Waals surface area contributed by atoms with E-state index in [1.54, 1.807) is 4.90 Å². The summed E-state index contributed by atoms with van der Waals surface area (Å²) in [7, 11) is 0. The number of hydrogen-bond donors (Lipinski definition) is 1. The highest BCUT2D eigenvalue weighted by atomic mass is 19.4. The maximum atomic E-state index is 14.1. The summed E-state index contributed by atoms with van der Waals surface area (Å²) in [5, 5.41) is 6.81. The minimum Gasteiger partial charge on any atom is -0.337 e. The molecule has 3 rings (SSSR count). The lowest BCUT2D eigenvalue weighted by molar-refractivity contribution is -0.138. The van der Waals surface area contributed by atoms with Crippen LogP contribution in [0.5, 0.6) is 0 Å². The molecule has 200 valence electrons. The summed E-state index contributed by atoms with van der Waals surface area (Å²) in [5.74, 6) is -5.14. The van der Waals surface area contributed by atoms with Crippen molar-refractivity contribution in [3.8, 4) is 0 Å². The molecule has 13 heteroatoms. The van der Waals surface area contributed by atoms with E-state index in [4.69, 9.17) is 0 Å². The molecule has 1 saturated heterocycles. The highest BCUT2D eigenvalue weighted by Crippen LogP contribution is 2.42. The summed E-state index contributed by atoms with van der Waals surface area (Å²) in [6.07, 6.45) is -8.78. The Balaban J connectivity index is 1.70. The van der Waals surface area contributed by atoms with Crippen LogP contribution in [0.4, 0.5) is 35.1 Å². The number of nitrogens with zero attached hydrogens (tertiary/aromatic N) is 3. The van der Waals surface area contributed by atoms with E-state index >= 15 is 0 Å². The number of amides is 1. The summed E-state index contributed by atoms with van der Waals surface area (Å²) in [5.41, 5.74) is -0.863. The summed E-state index contributed by atoms with van der Waals surface area (Å²) in [4.78, 5) is 16.1. The number of likely N-dealkylation sites (tertiary alicyclic amines) is 1. The van der Waals surface area contributed by atoms with E-state index in [0.29, 0.717) is 24.2 Å². The van der Waals surface area contributed by atoms with E-state index in [-0.39, 0.29) is 44.7 Å². The number of alkyl halides is 6. The van der Waals surface area contributed by atoms with Crippen LogP contribution in [-0.2, 0) is 13.0 Å². The Morgan fingerprint density at radius 3 is 2.31 bits per heavy atom. The first-order valence-electron chi connectivity index (χ1n) is 11.4. The van der Waals surface area contributed by atoms with E-state index in [1.807, 2.05) is 0 Å².